The molecule has 5 nitrogen and oxygen atoms in total. The first-order chi connectivity index (χ1) is 14.3. The lowest BCUT2D eigenvalue weighted by atomic mass is 9.69. The Hall–Kier alpha value is -2.18. The van der Waals surface area contributed by atoms with Crippen LogP contribution in [0.2, 0.25) is 0 Å². The minimum Gasteiger partial charge on any atom is -0.465 e. The molecule has 162 valence electrons. The van der Waals surface area contributed by atoms with Crippen LogP contribution in [0.1, 0.15) is 66.9 Å². The number of hydrogen-bond donors (Lipinski definition) is 1. The second-order valence-corrected chi connectivity index (χ2v) is 10.1. The fourth-order valence-electron chi connectivity index (χ4n) is 4.63. The van der Waals surface area contributed by atoms with Crippen molar-refractivity contribution < 1.29 is 23.1 Å². The first kappa shape index (κ1) is 22.5. The van der Waals surface area contributed by atoms with Crippen LogP contribution in [0.4, 0.5) is 0 Å². The molecule has 0 aliphatic carbocycles. The van der Waals surface area contributed by atoms with Crippen molar-refractivity contribution in [1.29, 1.82) is 0 Å². The molecule has 1 N–H and O–H groups in total. The maximum absolute atomic E-state index is 13.4. The molecule has 0 fully saturated rings. The summed E-state index contributed by atoms with van der Waals surface area (Å²) in [4.78, 5) is 12.1. The molecule has 0 aromatic heterocycles. The van der Waals surface area contributed by atoms with Crippen LogP contribution in [0.25, 0.3) is 0 Å². The third kappa shape index (κ3) is 4.03. The van der Waals surface area contributed by atoms with Gasteiger partial charge < -0.3 is 9.84 Å². The van der Waals surface area contributed by atoms with E-state index in [-0.39, 0.29) is 10.6 Å². The lowest BCUT2D eigenvalue weighted by Crippen LogP contribution is -2.42. The van der Waals surface area contributed by atoms with Gasteiger partial charge in [-0.1, -0.05) is 57.0 Å². The van der Waals surface area contributed by atoms with Gasteiger partial charge in [-0.2, -0.15) is 0 Å². The van der Waals surface area contributed by atoms with Gasteiger partial charge in [0.2, 0.25) is 0 Å². The van der Waals surface area contributed by atoms with Crippen molar-refractivity contribution in [3.05, 3.63) is 65.2 Å². The first-order valence-corrected chi connectivity index (χ1v) is 12.1. The lowest BCUT2D eigenvalue weighted by Gasteiger charge is -2.39. The zero-order chi connectivity index (χ0) is 21.9. The largest absolute Gasteiger partial charge is 0.465 e. The van der Waals surface area contributed by atoms with E-state index in [1.54, 1.807) is 42.5 Å². The van der Waals surface area contributed by atoms with Crippen LogP contribution >= 0.6 is 0 Å². The number of rotatable bonds is 6. The Morgan fingerprint density at radius 3 is 2.40 bits per heavy atom. The highest BCUT2D eigenvalue weighted by molar-refractivity contribution is 7.91. The van der Waals surface area contributed by atoms with E-state index >= 15 is 0 Å². The highest BCUT2D eigenvalue weighted by Crippen LogP contribution is 2.48. The molecular formula is C24H30O5S. The summed E-state index contributed by atoms with van der Waals surface area (Å²) in [5.74, 6) is -0.996. The Balaban J connectivity index is 2.20. The number of esters is 1. The number of hydrogen-bond acceptors (Lipinski definition) is 5. The van der Waals surface area contributed by atoms with E-state index in [2.05, 4.69) is 6.92 Å². The number of methoxy groups -OCH3 is 1. The monoisotopic (exact) mass is 430 g/mol. The average Bonchev–Trinajstić information content (AvgIpc) is 2.83. The predicted molar refractivity (Wildman–Crippen MR) is 116 cm³/mol. The van der Waals surface area contributed by atoms with E-state index in [1.165, 1.54) is 7.11 Å². The van der Waals surface area contributed by atoms with Gasteiger partial charge in [-0.3, -0.25) is 0 Å². The summed E-state index contributed by atoms with van der Waals surface area (Å²) in [6, 6.07) is 13.9. The average molecular weight is 431 g/mol. The van der Waals surface area contributed by atoms with Gasteiger partial charge in [0.15, 0.2) is 9.84 Å². The number of aliphatic hydroxyl groups excluding tert-OH is 1. The van der Waals surface area contributed by atoms with E-state index in [1.807, 2.05) is 13.0 Å². The van der Waals surface area contributed by atoms with E-state index in [0.717, 1.165) is 18.4 Å². The van der Waals surface area contributed by atoms with Gasteiger partial charge in [0.1, 0.15) is 0 Å². The molecular weight excluding hydrogens is 400 g/mol. The maximum Gasteiger partial charge on any atom is 0.337 e. The molecule has 0 unspecified atom stereocenters. The summed E-state index contributed by atoms with van der Waals surface area (Å²) in [5, 5.41) is 11.7. The zero-order valence-corrected chi connectivity index (χ0v) is 18.6. The van der Waals surface area contributed by atoms with Crippen molar-refractivity contribution >= 4 is 15.8 Å². The molecule has 2 aromatic rings. The van der Waals surface area contributed by atoms with Gasteiger partial charge in [0.25, 0.3) is 0 Å². The van der Waals surface area contributed by atoms with Crippen LogP contribution in [0.3, 0.4) is 0 Å². The molecule has 1 aliphatic heterocycles. The summed E-state index contributed by atoms with van der Waals surface area (Å²) in [7, 11) is -2.23. The van der Waals surface area contributed by atoms with Crippen LogP contribution in [0.5, 0.6) is 0 Å². The molecule has 0 amide bonds. The van der Waals surface area contributed by atoms with Gasteiger partial charge in [-0.25, -0.2) is 13.2 Å². The minimum absolute atomic E-state index is 0.0641. The topological polar surface area (TPSA) is 80.7 Å². The zero-order valence-electron chi connectivity index (χ0n) is 17.8. The molecule has 0 saturated carbocycles. The van der Waals surface area contributed by atoms with Gasteiger partial charge in [-0.05, 0) is 42.2 Å². The van der Waals surface area contributed by atoms with E-state index < -0.39 is 33.2 Å². The summed E-state index contributed by atoms with van der Waals surface area (Å²) < 4.78 is 31.5. The third-order valence-corrected chi connectivity index (χ3v) is 8.43. The Morgan fingerprint density at radius 2 is 1.80 bits per heavy atom. The van der Waals surface area contributed by atoms with Crippen molar-refractivity contribution in [2.24, 2.45) is 5.41 Å². The van der Waals surface area contributed by atoms with E-state index in [4.69, 9.17) is 4.74 Å². The fourth-order valence-corrected chi connectivity index (χ4v) is 6.90. The van der Waals surface area contributed by atoms with Gasteiger partial charge in [-0.15, -0.1) is 0 Å². The van der Waals surface area contributed by atoms with Crippen LogP contribution in [0.15, 0.2) is 53.4 Å². The normalized spacial score (nSPS) is 25.2. The summed E-state index contributed by atoms with van der Waals surface area (Å²) >= 11 is 0. The summed E-state index contributed by atoms with van der Waals surface area (Å²) in [6.07, 6.45) is 2.13. The maximum atomic E-state index is 13.4. The lowest BCUT2D eigenvalue weighted by molar-refractivity contribution is 0.0174. The van der Waals surface area contributed by atoms with Crippen LogP contribution in [-0.4, -0.2) is 38.5 Å². The second-order valence-electron chi connectivity index (χ2n) is 8.15. The Bertz CT molecular complexity index is 997. The number of unbranched alkanes of at least 4 members (excludes halogenated alkanes) is 1. The van der Waals surface area contributed by atoms with Gasteiger partial charge in [0.05, 0.1) is 29.4 Å². The highest BCUT2D eigenvalue weighted by Gasteiger charge is 2.48. The SMILES string of the molecule is CCCC[C@]1(CC)CS(=O)(=O)c2ccccc2[C@H](c2ccc(C(=O)OC)cc2)[C@@H]1O. The number of fused-ring (bicyclic) bond motifs is 1. The smallest absolute Gasteiger partial charge is 0.337 e. The number of aliphatic hydroxyl groups is 1. The second kappa shape index (κ2) is 8.90. The Morgan fingerprint density at radius 1 is 1.13 bits per heavy atom. The minimum atomic E-state index is -3.56. The summed E-state index contributed by atoms with van der Waals surface area (Å²) in [6.45, 7) is 4.03. The third-order valence-electron chi connectivity index (χ3n) is 6.43. The molecule has 1 heterocycles. The van der Waals surface area contributed by atoms with Crippen molar-refractivity contribution in [1.82, 2.24) is 0 Å². The van der Waals surface area contributed by atoms with Gasteiger partial charge >= 0.3 is 5.97 Å². The number of carbonyl (C=O) groups is 1. The predicted octanol–water partition coefficient (Wildman–Crippen LogP) is 4.34. The molecule has 0 spiro atoms. The van der Waals surface area contributed by atoms with Crippen molar-refractivity contribution in [2.45, 2.75) is 56.4 Å². The van der Waals surface area contributed by atoms with Crippen molar-refractivity contribution in [2.75, 3.05) is 12.9 Å². The molecule has 3 rings (SSSR count). The molecule has 2 aromatic carbocycles. The molecule has 0 radical (unpaired) electrons. The Labute approximate surface area is 179 Å². The first-order valence-electron chi connectivity index (χ1n) is 10.5. The van der Waals surface area contributed by atoms with Gasteiger partial charge in [0, 0.05) is 11.3 Å². The number of sulfone groups is 1. The number of carbonyl (C=O) groups excluding carboxylic acids is 1. The van der Waals surface area contributed by atoms with Crippen LogP contribution in [-0.2, 0) is 14.6 Å². The van der Waals surface area contributed by atoms with Crippen molar-refractivity contribution in [3.63, 3.8) is 0 Å². The van der Waals surface area contributed by atoms with E-state index in [0.29, 0.717) is 24.0 Å². The molecule has 30 heavy (non-hydrogen) atoms. The fraction of sp³-hybridized carbons (Fsp3) is 0.458. The number of benzene rings is 2. The Kier molecular flexibility index (Phi) is 6.68. The molecule has 0 saturated heterocycles. The molecule has 0 bridgehead atoms. The van der Waals surface area contributed by atoms with E-state index in [9.17, 15) is 18.3 Å². The quantitative estimate of drug-likeness (QED) is 0.690. The highest BCUT2D eigenvalue weighted by atomic mass is 32.2. The molecule has 6 heteroatoms. The van der Waals surface area contributed by atoms with Crippen LogP contribution < -0.4 is 0 Å². The molecule has 3 atom stereocenters. The summed E-state index contributed by atoms with van der Waals surface area (Å²) in [5.41, 5.74) is 1.08. The molecule has 1 aliphatic rings. The van der Waals surface area contributed by atoms with Crippen molar-refractivity contribution in [3.8, 4) is 0 Å². The number of ether oxygens (including phenoxy) is 1. The standard InChI is InChI=1S/C24H30O5S/c1-4-6-15-24(5-2)16-30(27,28)20-10-8-7-9-19(20)21(22(24)25)17-11-13-18(14-12-17)23(26)29-3/h7-14,21-22,25H,4-6,15-16H2,1-3H3/t21-,22-,24+/m0/s1. The van der Waals surface area contributed by atoms with Crippen LogP contribution in [0, 0.1) is 5.41 Å².